The zero-order valence-electron chi connectivity index (χ0n) is 10.9. The topological polar surface area (TPSA) is 21.3 Å². The Balaban J connectivity index is 2.15. The Morgan fingerprint density at radius 3 is 2.71 bits per heavy atom. The van der Waals surface area contributed by atoms with E-state index < -0.39 is 0 Å². The minimum absolute atomic E-state index is 0.480. The van der Waals surface area contributed by atoms with Crippen molar-refractivity contribution in [3.63, 3.8) is 0 Å². The fraction of sp³-hybridized carbons (Fsp3) is 0.600. The molecule has 0 radical (unpaired) electrons. The third-order valence-corrected chi connectivity index (χ3v) is 3.23. The number of hydrogen-bond donors (Lipinski definition) is 1. The third-order valence-electron chi connectivity index (χ3n) is 3.23. The maximum absolute atomic E-state index is 5.85. The van der Waals surface area contributed by atoms with Crippen molar-refractivity contribution in [1.82, 2.24) is 5.32 Å². The molecule has 1 aliphatic carbocycles. The van der Waals surface area contributed by atoms with E-state index in [1.165, 1.54) is 18.4 Å². The van der Waals surface area contributed by atoms with Crippen LogP contribution in [0.15, 0.2) is 24.3 Å². The third kappa shape index (κ3) is 3.22. The Morgan fingerprint density at radius 1 is 1.29 bits per heavy atom. The summed E-state index contributed by atoms with van der Waals surface area (Å²) in [7, 11) is 0. The second-order valence-electron chi connectivity index (χ2n) is 4.76. The predicted molar refractivity (Wildman–Crippen MR) is 71.4 cm³/mol. The average Bonchev–Trinajstić information content (AvgIpc) is 3.18. The summed E-state index contributed by atoms with van der Waals surface area (Å²) in [5.74, 6) is 1.87. The standard InChI is InChI=1S/C15H23NO/c1-3-11-17-14-8-6-5-7-13(14)15(16-4-2)12-9-10-12/h5-8,12,15-16H,3-4,9-11H2,1-2H3. The SMILES string of the molecule is CCCOc1ccccc1C(NCC)C1CC1. The second kappa shape index (κ2) is 6.06. The minimum Gasteiger partial charge on any atom is -0.493 e. The Labute approximate surface area is 104 Å². The molecule has 1 unspecified atom stereocenters. The molecule has 0 saturated heterocycles. The summed E-state index contributed by atoms with van der Waals surface area (Å²) in [6, 6.07) is 8.95. The van der Waals surface area contributed by atoms with Crippen LogP contribution in [0.2, 0.25) is 0 Å². The molecule has 0 amide bonds. The van der Waals surface area contributed by atoms with E-state index in [1.807, 2.05) is 0 Å². The van der Waals surface area contributed by atoms with E-state index in [1.54, 1.807) is 0 Å². The minimum atomic E-state index is 0.480. The lowest BCUT2D eigenvalue weighted by Gasteiger charge is -2.21. The number of hydrogen-bond acceptors (Lipinski definition) is 2. The van der Waals surface area contributed by atoms with Gasteiger partial charge < -0.3 is 10.1 Å². The normalized spacial score (nSPS) is 16.8. The molecule has 0 heterocycles. The first kappa shape index (κ1) is 12.4. The van der Waals surface area contributed by atoms with Crippen molar-refractivity contribution in [2.45, 2.75) is 39.2 Å². The van der Waals surface area contributed by atoms with E-state index in [0.29, 0.717) is 6.04 Å². The smallest absolute Gasteiger partial charge is 0.124 e. The molecule has 94 valence electrons. The van der Waals surface area contributed by atoms with E-state index in [4.69, 9.17) is 4.74 Å². The molecule has 0 bridgehead atoms. The quantitative estimate of drug-likeness (QED) is 0.778. The van der Waals surface area contributed by atoms with Crippen molar-refractivity contribution in [2.75, 3.05) is 13.2 Å². The van der Waals surface area contributed by atoms with Gasteiger partial charge in [-0.1, -0.05) is 32.0 Å². The van der Waals surface area contributed by atoms with E-state index in [9.17, 15) is 0 Å². The van der Waals surface area contributed by atoms with Crippen LogP contribution < -0.4 is 10.1 Å². The van der Waals surface area contributed by atoms with Crippen LogP contribution in [0.25, 0.3) is 0 Å². The van der Waals surface area contributed by atoms with Crippen LogP contribution in [0, 0.1) is 5.92 Å². The van der Waals surface area contributed by atoms with Crippen molar-refractivity contribution in [2.24, 2.45) is 5.92 Å². The number of benzene rings is 1. The monoisotopic (exact) mass is 233 g/mol. The molecule has 2 nitrogen and oxygen atoms in total. The first-order chi connectivity index (χ1) is 8.36. The summed E-state index contributed by atoms with van der Waals surface area (Å²) in [5.41, 5.74) is 1.34. The van der Waals surface area contributed by atoms with Crippen molar-refractivity contribution >= 4 is 0 Å². The molecule has 2 rings (SSSR count). The highest BCUT2D eigenvalue weighted by molar-refractivity contribution is 5.37. The van der Waals surface area contributed by atoms with Gasteiger partial charge in [0.2, 0.25) is 0 Å². The first-order valence-electron chi connectivity index (χ1n) is 6.82. The van der Waals surface area contributed by atoms with Crippen LogP contribution in [0.5, 0.6) is 5.75 Å². The summed E-state index contributed by atoms with van der Waals surface area (Å²) in [6.07, 6.45) is 3.75. The molecule has 1 aromatic carbocycles. The van der Waals surface area contributed by atoms with Gasteiger partial charge in [-0.15, -0.1) is 0 Å². The molecule has 1 N–H and O–H groups in total. The fourth-order valence-corrected chi connectivity index (χ4v) is 2.26. The lowest BCUT2D eigenvalue weighted by molar-refractivity contribution is 0.308. The molecular weight excluding hydrogens is 210 g/mol. The lowest BCUT2D eigenvalue weighted by atomic mass is 10.0. The fourth-order valence-electron chi connectivity index (χ4n) is 2.26. The highest BCUT2D eigenvalue weighted by atomic mass is 16.5. The molecule has 0 spiro atoms. The molecule has 1 saturated carbocycles. The zero-order valence-corrected chi connectivity index (χ0v) is 10.9. The number of nitrogens with one attached hydrogen (secondary N) is 1. The molecule has 2 heteroatoms. The van der Waals surface area contributed by atoms with Crippen molar-refractivity contribution in [3.8, 4) is 5.75 Å². The van der Waals surface area contributed by atoms with Crippen LogP contribution >= 0.6 is 0 Å². The Morgan fingerprint density at radius 2 is 2.06 bits per heavy atom. The van der Waals surface area contributed by atoms with Crippen LogP contribution in [0.4, 0.5) is 0 Å². The summed E-state index contributed by atoms with van der Waals surface area (Å²) < 4.78 is 5.85. The van der Waals surface area contributed by atoms with Crippen LogP contribution in [-0.2, 0) is 0 Å². The van der Waals surface area contributed by atoms with Crippen LogP contribution in [0.1, 0.15) is 44.7 Å². The summed E-state index contributed by atoms with van der Waals surface area (Å²) >= 11 is 0. The zero-order chi connectivity index (χ0) is 12.1. The Bertz CT molecular complexity index is 347. The largest absolute Gasteiger partial charge is 0.493 e. The average molecular weight is 233 g/mol. The number of ether oxygens (including phenoxy) is 1. The predicted octanol–water partition coefficient (Wildman–Crippen LogP) is 3.54. The maximum atomic E-state index is 5.85. The molecule has 1 atom stereocenters. The van der Waals surface area contributed by atoms with Gasteiger partial charge in [-0.3, -0.25) is 0 Å². The van der Waals surface area contributed by atoms with Gasteiger partial charge in [0.25, 0.3) is 0 Å². The van der Waals surface area contributed by atoms with Gasteiger partial charge in [0, 0.05) is 11.6 Å². The van der Waals surface area contributed by atoms with Gasteiger partial charge in [0.1, 0.15) is 5.75 Å². The molecular formula is C15H23NO. The van der Waals surface area contributed by atoms with Crippen molar-refractivity contribution in [3.05, 3.63) is 29.8 Å². The summed E-state index contributed by atoms with van der Waals surface area (Å²) in [5, 5.41) is 3.60. The summed E-state index contributed by atoms with van der Waals surface area (Å²) in [4.78, 5) is 0. The summed E-state index contributed by atoms with van der Waals surface area (Å²) in [6.45, 7) is 6.14. The highest BCUT2D eigenvalue weighted by Gasteiger charge is 2.33. The lowest BCUT2D eigenvalue weighted by Crippen LogP contribution is -2.23. The Kier molecular flexibility index (Phi) is 4.43. The van der Waals surface area contributed by atoms with Gasteiger partial charge in [0.15, 0.2) is 0 Å². The van der Waals surface area contributed by atoms with Gasteiger partial charge >= 0.3 is 0 Å². The molecule has 1 fully saturated rings. The van der Waals surface area contributed by atoms with Crippen LogP contribution in [-0.4, -0.2) is 13.2 Å². The van der Waals surface area contributed by atoms with E-state index in [-0.39, 0.29) is 0 Å². The van der Waals surface area contributed by atoms with E-state index in [2.05, 4.69) is 43.4 Å². The maximum Gasteiger partial charge on any atom is 0.124 e. The molecule has 1 aliphatic rings. The van der Waals surface area contributed by atoms with Crippen molar-refractivity contribution in [1.29, 1.82) is 0 Å². The first-order valence-corrected chi connectivity index (χ1v) is 6.82. The van der Waals surface area contributed by atoms with E-state index >= 15 is 0 Å². The van der Waals surface area contributed by atoms with Gasteiger partial charge in [-0.2, -0.15) is 0 Å². The molecule has 17 heavy (non-hydrogen) atoms. The molecule has 0 aromatic heterocycles. The van der Waals surface area contributed by atoms with Gasteiger partial charge in [0.05, 0.1) is 6.61 Å². The molecule has 1 aromatic rings. The highest BCUT2D eigenvalue weighted by Crippen LogP contribution is 2.43. The molecule has 0 aliphatic heterocycles. The van der Waals surface area contributed by atoms with Gasteiger partial charge in [-0.25, -0.2) is 0 Å². The van der Waals surface area contributed by atoms with Crippen LogP contribution in [0.3, 0.4) is 0 Å². The van der Waals surface area contributed by atoms with Crippen molar-refractivity contribution < 1.29 is 4.74 Å². The van der Waals surface area contributed by atoms with Gasteiger partial charge in [-0.05, 0) is 37.8 Å². The number of rotatable bonds is 7. The van der Waals surface area contributed by atoms with E-state index in [0.717, 1.165) is 31.2 Å². The Hall–Kier alpha value is -1.02. The second-order valence-corrected chi connectivity index (χ2v) is 4.76. The number of para-hydroxylation sites is 1.